The van der Waals surface area contributed by atoms with Gasteiger partial charge in [0, 0.05) is 0 Å². The molecule has 0 spiro atoms. The predicted molar refractivity (Wildman–Crippen MR) is 65.4 cm³/mol. The summed E-state index contributed by atoms with van der Waals surface area (Å²) in [6.45, 7) is 7.20. The van der Waals surface area contributed by atoms with E-state index in [1.807, 2.05) is 12.1 Å². The largest absolute Gasteiger partial charge is 0.491 e. The standard InChI is InChI=1S/C12H18ClNO/c1-12(2,3)7-8-15-10-6-4-5-9(13)11(10)14/h4-6H,7-8,14H2,1-3H3. The minimum absolute atomic E-state index is 0.271. The Kier molecular flexibility index (Phi) is 3.86. The van der Waals surface area contributed by atoms with E-state index in [0.29, 0.717) is 23.1 Å². The number of hydrogen-bond donors (Lipinski definition) is 1. The number of para-hydroxylation sites is 1. The lowest BCUT2D eigenvalue weighted by Gasteiger charge is -2.18. The van der Waals surface area contributed by atoms with Crippen LogP contribution >= 0.6 is 11.6 Å². The van der Waals surface area contributed by atoms with E-state index >= 15 is 0 Å². The van der Waals surface area contributed by atoms with Crippen molar-refractivity contribution in [2.45, 2.75) is 27.2 Å². The van der Waals surface area contributed by atoms with Gasteiger partial charge in [-0.2, -0.15) is 0 Å². The van der Waals surface area contributed by atoms with E-state index in [-0.39, 0.29) is 5.41 Å². The molecule has 0 atom stereocenters. The van der Waals surface area contributed by atoms with Gasteiger partial charge in [-0.3, -0.25) is 0 Å². The van der Waals surface area contributed by atoms with Crippen molar-refractivity contribution in [3.8, 4) is 5.75 Å². The number of rotatable bonds is 3. The van der Waals surface area contributed by atoms with Crippen molar-refractivity contribution in [2.24, 2.45) is 5.41 Å². The second kappa shape index (κ2) is 4.75. The summed E-state index contributed by atoms with van der Waals surface area (Å²) in [5, 5.41) is 0.545. The van der Waals surface area contributed by atoms with Gasteiger partial charge < -0.3 is 10.5 Å². The maximum absolute atomic E-state index is 5.88. The summed E-state index contributed by atoms with van der Waals surface area (Å²) >= 11 is 5.88. The van der Waals surface area contributed by atoms with E-state index in [9.17, 15) is 0 Å². The monoisotopic (exact) mass is 227 g/mol. The molecule has 0 heterocycles. The smallest absolute Gasteiger partial charge is 0.143 e. The maximum atomic E-state index is 5.88. The third-order valence-electron chi connectivity index (χ3n) is 2.12. The first kappa shape index (κ1) is 12.2. The fourth-order valence-corrected chi connectivity index (χ4v) is 1.28. The van der Waals surface area contributed by atoms with Gasteiger partial charge in [0.15, 0.2) is 0 Å². The molecule has 0 aliphatic rings. The van der Waals surface area contributed by atoms with Crippen LogP contribution in [0.3, 0.4) is 0 Å². The minimum atomic E-state index is 0.271. The Morgan fingerprint density at radius 2 is 2.00 bits per heavy atom. The van der Waals surface area contributed by atoms with Crippen molar-refractivity contribution < 1.29 is 4.74 Å². The molecule has 0 saturated heterocycles. The fourth-order valence-electron chi connectivity index (χ4n) is 1.11. The average molecular weight is 228 g/mol. The molecule has 3 heteroatoms. The molecule has 0 amide bonds. The molecule has 0 unspecified atom stereocenters. The zero-order valence-corrected chi connectivity index (χ0v) is 10.3. The van der Waals surface area contributed by atoms with Gasteiger partial charge in [0.1, 0.15) is 5.75 Å². The van der Waals surface area contributed by atoms with Crippen molar-refractivity contribution in [1.29, 1.82) is 0 Å². The highest BCUT2D eigenvalue weighted by Gasteiger charge is 2.11. The maximum Gasteiger partial charge on any atom is 0.143 e. The molecule has 1 rings (SSSR count). The second-order valence-corrected chi connectivity index (χ2v) is 5.22. The molecule has 0 bridgehead atoms. The van der Waals surface area contributed by atoms with E-state index in [0.717, 1.165) is 6.42 Å². The molecule has 1 aromatic rings. The number of benzene rings is 1. The van der Waals surface area contributed by atoms with Crippen LogP contribution in [0.4, 0.5) is 5.69 Å². The first-order valence-electron chi connectivity index (χ1n) is 5.07. The lowest BCUT2D eigenvalue weighted by molar-refractivity contribution is 0.244. The molecule has 1 aromatic carbocycles. The van der Waals surface area contributed by atoms with Crippen molar-refractivity contribution in [2.75, 3.05) is 12.3 Å². The van der Waals surface area contributed by atoms with E-state index in [2.05, 4.69) is 20.8 Å². The van der Waals surface area contributed by atoms with Crippen molar-refractivity contribution in [3.63, 3.8) is 0 Å². The van der Waals surface area contributed by atoms with Gasteiger partial charge in [0.05, 0.1) is 17.3 Å². The highest BCUT2D eigenvalue weighted by atomic mass is 35.5. The Bertz CT molecular complexity index is 331. The van der Waals surface area contributed by atoms with Crippen molar-refractivity contribution >= 4 is 17.3 Å². The van der Waals surface area contributed by atoms with Gasteiger partial charge in [-0.15, -0.1) is 0 Å². The lowest BCUT2D eigenvalue weighted by atomic mass is 9.93. The Labute approximate surface area is 96.4 Å². The van der Waals surface area contributed by atoms with Crippen LogP contribution in [0.2, 0.25) is 5.02 Å². The van der Waals surface area contributed by atoms with Crippen LogP contribution < -0.4 is 10.5 Å². The van der Waals surface area contributed by atoms with Crippen LogP contribution in [0.5, 0.6) is 5.75 Å². The molecule has 84 valence electrons. The van der Waals surface area contributed by atoms with Crippen LogP contribution in [0, 0.1) is 5.41 Å². The number of ether oxygens (including phenoxy) is 1. The topological polar surface area (TPSA) is 35.2 Å². The van der Waals surface area contributed by atoms with Gasteiger partial charge in [-0.25, -0.2) is 0 Å². The van der Waals surface area contributed by atoms with E-state index in [4.69, 9.17) is 22.1 Å². The molecule has 0 fully saturated rings. The molecule has 0 saturated carbocycles. The van der Waals surface area contributed by atoms with E-state index in [1.165, 1.54) is 0 Å². The highest BCUT2D eigenvalue weighted by Crippen LogP contribution is 2.29. The molecular formula is C12H18ClNO. The number of nitrogen functional groups attached to an aromatic ring is 1. The summed E-state index contributed by atoms with van der Waals surface area (Å²) in [7, 11) is 0. The predicted octanol–water partition coefficient (Wildman–Crippen LogP) is 3.74. The van der Waals surface area contributed by atoms with Gasteiger partial charge in [-0.1, -0.05) is 38.4 Å². The lowest BCUT2D eigenvalue weighted by Crippen LogP contribution is -2.11. The van der Waals surface area contributed by atoms with Crippen LogP contribution in [0.15, 0.2) is 18.2 Å². The van der Waals surface area contributed by atoms with Crippen LogP contribution in [-0.4, -0.2) is 6.61 Å². The third-order valence-corrected chi connectivity index (χ3v) is 2.45. The molecule has 15 heavy (non-hydrogen) atoms. The highest BCUT2D eigenvalue weighted by molar-refractivity contribution is 6.33. The number of nitrogens with two attached hydrogens (primary N) is 1. The van der Waals surface area contributed by atoms with E-state index < -0.39 is 0 Å². The molecule has 0 aromatic heterocycles. The third kappa shape index (κ3) is 4.00. The average Bonchev–Trinajstić information content (AvgIpc) is 2.10. The van der Waals surface area contributed by atoms with Crippen molar-refractivity contribution in [3.05, 3.63) is 23.2 Å². The van der Waals surface area contributed by atoms with Gasteiger partial charge in [-0.05, 0) is 24.0 Å². The zero-order chi connectivity index (χ0) is 11.5. The van der Waals surface area contributed by atoms with Crippen LogP contribution in [0.1, 0.15) is 27.2 Å². The van der Waals surface area contributed by atoms with Gasteiger partial charge in [0.2, 0.25) is 0 Å². The minimum Gasteiger partial charge on any atom is -0.491 e. The Hall–Kier alpha value is -0.890. The van der Waals surface area contributed by atoms with E-state index in [1.54, 1.807) is 6.07 Å². The molecule has 2 nitrogen and oxygen atoms in total. The zero-order valence-electron chi connectivity index (χ0n) is 9.51. The molecule has 2 N–H and O–H groups in total. The number of halogens is 1. The Morgan fingerprint density at radius 1 is 1.33 bits per heavy atom. The summed E-state index contributed by atoms with van der Waals surface area (Å²) in [6, 6.07) is 5.43. The first-order valence-corrected chi connectivity index (χ1v) is 5.45. The number of hydrogen-bond acceptors (Lipinski definition) is 2. The fraction of sp³-hybridized carbons (Fsp3) is 0.500. The normalized spacial score (nSPS) is 11.5. The molecule has 0 aliphatic carbocycles. The SMILES string of the molecule is CC(C)(C)CCOc1cccc(Cl)c1N. The van der Waals surface area contributed by atoms with Gasteiger partial charge >= 0.3 is 0 Å². The summed E-state index contributed by atoms with van der Waals surface area (Å²) in [5.74, 6) is 0.673. The summed E-state index contributed by atoms with van der Waals surface area (Å²) < 4.78 is 5.58. The summed E-state index contributed by atoms with van der Waals surface area (Å²) in [5.41, 5.74) is 6.57. The van der Waals surface area contributed by atoms with Gasteiger partial charge in [0.25, 0.3) is 0 Å². The van der Waals surface area contributed by atoms with Crippen LogP contribution in [-0.2, 0) is 0 Å². The summed E-state index contributed by atoms with van der Waals surface area (Å²) in [6.07, 6.45) is 0.985. The Balaban J connectivity index is 2.55. The molecular weight excluding hydrogens is 210 g/mol. The molecule has 0 aliphatic heterocycles. The number of anilines is 1. The quantitative estimate of drug-likeness (QED) is 0.799. The molecule has 0 radical (unpaired) electrons. The second-order valence-electron chi connectivity index (χ2n) is 4.81. The van der Waals surface area contributed by atoms with Crippen LogP contribution in [0.25, 0.3) is 0 Å². The summed E-state index contributed by atoms with van der Waals surface area (Å²) in [4.78, 5) is 0. The first-order chi connectivity index (χ1) is 6.90. The van der Waals surface area contributed by atoms with Crippen molar-refractivity contribution in [1.82, 2.24) is 0 Å². The Morgan fingerprint density at radius 3 is 2.60 bits per heavy atom.